The van der Waals surface area contributed by atoms with E-state index in [4.69, 9.17) is 4.52 Å². The maximum atomic E-state index is 13.0. The Morgan fingerprint density at radius 1 is 1.10 bits per heavy atom. The summed E-state index contributed by atoms with van der Waals surface area (Å²) in [5, 5.41) is 7.13. The molecule has 2 aliphatic carbocycles. The molecular weight excluding hydrogens is 416 g/mol. The van der Waals surface area contributed by atoms with Crippen LogP contribution in [0.15, 0.2) is 33.7 Å². The maximum absolute atomic E-state index is 13.0. The molecule has 1 amide bonds. The number of benzene rings is 1. The minimum absolute atomic E-state index is 0.0439. The molecule has 2 fully saturated rings. The molecule has 2 aliphatic rings. The van der Waals surface area contributed by atoms with Crippen LogP contribution in [-0.2, 0) is 15.6 Å². The molecule has 8 nitrogen and oxygen atoms in total. The SMILES string of the molecule is Cc1nc(C2(NC(=O)c3ccc(S(=O)(=O)N(C)C4CCCCC4)cc3)CCCC2)no1. The Bertz CT molecular complexity index is 1020. The van der Waals surface area contributed by atoms with Crippen molar-refractivity contribution in [3.05, 3.63) is 41.5 Å². The van der Waals surface area contributed by atoms with Gasteiger partial charge in [0.25, 0.3) is 5.91 Å². The van der Waals surface area contributed by atoms with Gasteiger partial charge in [0, 0.05) is 25.6 Å². The summed E-state index contributed by atoms with van der Waals surface area (Å²) in [6, 6.07) is 6.22. The second-order valence-corrected chi connectivity index (χ2v) is 10.7. The predicted octanol–water partition coefficient (Wildman–Crippen LogP) is 3.53. The van der Waals surface area contributed by atoms with Crippen LogP contribution in [0.25, 0.3) is 0 Å². The number of nitrogens with one attached hydrogen (secondary N) is 1. The van der Waals surface area contributed by atoms with Crippen LogP contribution in [0.1, 0.15) is 79.9 Å². The zero-order valence-corrected chi connectivity index (χ0v) is 19.0. The van der Waals surface area contributed by atoms with E-state index in [0.29, 0.717) is 17.3 Å². The molecule has 0 aliphatic heterocycles. The van der Waals surface area contributed by atoms with E-state index >= 15 is 0 Å². The number of rotatable bonds is 6. The van der Waals surface area contributed by atoms with Gasteiger partial charge in [-0.1, -0.05) is 37.3 Å². The van der Waals surface area contributed by atoms with E-state index in [0.717, 1.165) is 51.4 Å². The molecule has 1 N–H and O–H groups in total. The Labute approximate surface area is 183 Å². The van der Waals surface area contributed by atoms with Crippen LogP contribution in [0.3, 0.4) is 0 Å². The number of amides is 1. The van der Waals surface area contributed by atoms with Crippen molar-refractivity contribution in [2.45, 2.75) is 81.2 Å². The number of nitrogens with zero attached hydrogens (tertiary/aromatic N) is 3. The van der Waals surface area contributed by atoms with Crippen LogP contribution in [0.4, 0.5) is 0 Å². The van der Waals surface area contributed by atoms with Gasteiger partial charge in [-0.25, -0.2) is 8.42 Å². The van der Waals surface area contributed by atoms with Gasteiger partial charge in [-0.2, -0.15) is 9.29 Å². The lowest BCUT2D eigenvalue weighted by atomic mass is 9.96. The quantitative estimate of drug-likeness (QED) is 0.728. The number of carbonyl (C=O) groups excluding carboxylic acids is 1. The van der Waals surface area contributed by atoms with Crippen molar-refractivity contribution < 1.29 is 17.7 Å². The summed E-state index contributed by atoms with van der Waals surface area (Å²) in [5.74, 6) is 0.699. The number of carbonyl (C=O) groups is 1. The first-order chi connectivity index (χ1) is 14.8. The van der Waals surface area contributed by atoms with E-state index < -0.39 is 15.6 Å². The van der Waals surface area contributed by atoms with Crippen molar-refractivity contribution in [1.82, 2.24) is 19.8 Å². The van der Waals surface area contributed by atoms with Gasteiger partial charge < -0.3 is 9.84 Å². The van der Waals surface area contributed by atoms with Crippen molar-refractivity contribution in [2.75, 3.05) is 7.05 Å². The monoisotopic (exact) mass is 446 g/mol. The molecule has 0 radical (unpaired) electrons. The van der Waals surface area contributed by atoms with Crippen molar-refractivity contribution in [1.29, 1.82) is 0 Å². The third kappa shape index (κ3) is 4.39. The summed E-state index contributed by atoms with van der Waals surface area (Å²) in [5.41, 5.74) is -0.230. The number of aryl methyl sites for hydroxylation is 1. The smallest absolute Gasteiger partial charge is 0.252 e. The van der Waals surface area contributed by atoms with Crippen LogP contribution in [0, 0.1) is 6.92 Å². The van der Waals surface area contributed by atoms with Crippen LogP contribution in [0.5, 0.6) is 0 Å². The Balaban J connectivity index is 1.50. The van der Waals surface area contributed by atoms with Gasteiger partial charge in [0.2, 0.25) is 15.9 Å². The fourth-order valence-electron chi connectivity index (χ4n) is 4.75. The molecule has 2 saturated carbocycles. The molecule has 168 valence electrons. The van der Waals surface area contributed by atoms with Crippen molar-refractivity contribution in [3.8, 4) is 0 Å². The average molecular weight is 447 g/mol. The summed E-state index contributed by atoms with van der Waals surface area (Å²) in [6.45, 7) is 1.73. The van der Waals surface area contributed by atoms with Crippen LogP contribution in [-0.4, -0.2) is 41.9 Å². The first-order valence-electron chi connectivity index (χ1n) is 11.0. The largest absolute Gasteiger partial charge is 0.340 e. The highest BCUT2D eigenvalue weighted by molar-refractivity contribution is 7.89. The average Bonchev–Trinajstić information content (AvgIpc) is 3.44. The summed E-state index contributed by atoms with van der Waals surface area (Å²) in [4.78, 5) is 17.5. The summed E-state index contributed by atoms with van der Waals surface area (Å²) in [7, 11) is -1.93. The third-order valence-corrected chi connectivity index (χ3v) is 8.57. The normalized spacial score (nSPS) is 19.6. The zero-order chi connectivity index (χ0) is 22.1. The number of hydrogen-bond donors (Lipinski definition) is 1. The molecule has 0 bridgehead atoms. The highest BCUT2D eigenvalue weighted by atomic mass is 32.2. The van der Waals surface area contributed by atoms with Gasteiger partial charge in [-0.15, -0.1) is 0 Å². The fraction of sp³-hybridized carbons (Fsp3) is 0.591. The molecule has 0 spiro atoms. The molecule has 0 saturated heterocycles. The minimum Gasteiger partial charge on any atom is -0.340 e. The van der Waals surface area contributed by atoms with E-state index in [1.165, 1.54) is 22.9 Å². The molecule has 0 atom stereocenters. The van der Waals surface area contributed by atoms with Crippen LogP contribution >= 0.6 is 0 Å². The Kier molecular flexibility index (Phi) is 6.16. The fourth-order valence-corrected chi connectivity index (χ4v) is 6.17. The van der Waals surface area contributed by atoms with E-state index in [-0.39, 0.29) is 16.8 Å². The van der Waals surface area contributed by atoms with Gasteiger partial charge in [-0.05, 0) is 49.9 Å². The zero-order valence-electron chi connectivity index (χ0n) is 18.1. The van der Waals surface area contributed by atoms with Crippen molar-refractivity contribution in [3.63, 3.8) is 0 Å². The third-order valence-electron chi connectivity index (χ3n) is 6.65. The van der Waals surface area contributed by atoms with Crippen molar-refractivity contribution >= 4 is 15.9 Å². The molecule has 9 heteroatoms. The molecule has 1 aromatic heterocycles. The lowest BCUT2D eigenvalue weighted by Gasteiger charge is -2.30. The van der Waals surface area contributed by atoms with Crippen LogP contribution in [0.2, 0.25) is 0 Å². The Morgan fingerprint density at radius 2 is 1.74 bits per heavy atom. The van der Waals surface area contributed by atoms with Gasteiger partial charge in [0.1, 0.15) is 5.54 Å². The van der Waals surface area contributed by atoms with Gasteiger partial charge >= 0.3 is 0 Å². The molecular formula is C22H30N4O4S. The molecule has 2 aromatic rings. The van der Waals surface area contributed by atoms with E-state index in [2.05, 4.69) is 15.5 Å². The molecule has 4 rings (SSSR count). The lowest BCUT2D eigenvalue weighted by molar-refractivity contribution is 0.0891. The van der Waals surface area contributed by atoms with Crippen LogP contribution < -0.4 is 5.32 Å². The summed E-state index contributed by atoms with van der Waals surface area (Å²) in [6.07, 6.45) is 8.52. The molecule has 1 heterocycles. The standard InChI is InChI=1S/C22H30N4O4S/c1-16-23-21(25-30-16)22(14-6-7-15-22)24-20(27)17-10-12-19(13-11-17)31(28,29)26(2)18-8-4-3-5-9-18/h10-13,18H,3-9,14-15H2,1-2H3,(H,24,27). The Hall–Kier alpha value is -2.26. The van der Waals surface area contributed by atoms with Gasteiger partial charge in [-0.3, -0.25) is 4.79 Å². The minimum atomic E-state index is -3.59. The lowest BCUT2D eigenvalue weighted by Crippen LogP contribution is -2.44. The van der Waals surface area contributed by atoms with E-state index in [1.807, 2.05) is 0 Å². The number of hydrogen-bond acceptors (Lipinski definition) is 6. The molecule has 0 unspecified atom stereocenters. The number of sulfonamides is 1. The molecule has 31 heavy (non-hydrogen) atoms. The molecule has 1 aromatic carbocycles. The number of aromatic nitrogens is 2. The predicted molar refractivity (Wildman–Crippen MR) is 115 cm³/mol. The highest BCUT2D eigenvalue weighted by Crippen LogP contribution is 2.37. The second kappa shape index (κ2) is 8.70. The van der Waals surface area contributed by atoms with Crippen molar-refractivity contribution in [2.24, 2.45) is 0 Å². The maximum Gasteiger partial charge on any atom is 0.252 e. The van der Waals surface area contributed by atoms with Gasteiger partial charge in [0.05, 0.1) is 4.90 Å². The first kappa shape index (κ1) is 22.0. The Morgan fingerprint density at radius 3 is 2.32 bits per heavy atom. The summed E-state index contributed by atoms with van der Waals surface area (Å²) < 4.78 is 32.7. The first-order valence-corrected chi connectivity index (χ1v) is 12.5. The van der Waals surface area contributed by atoms with E-state index in [1.54, 1.807) is 26.1 Å². The second-order valence-electron chi connectivity index (χ2n) is 8.72. The highest BCUT2D eigenvalue weighted by Gasteiger charge is 2.41. The topological polar surface area (TPSA) is 105 Å². The summed E-state index contributed by atoms with van der Waals surface area (Å²) >= 11 is 0. The van der Waals surface area contributed by atoms with Gasteiger partial charge in [0.15, 0.2) is 5.82 Å². The van der Waals surface area contributed by atoms with E-state index in [9.17, 15) is 13.2 Å².